The van der Waals surface area contributed by atoms with Gasteiger partial charge in [0.25, 0.3) is 0 Å². The van der Waals surface area contributed by atoms with Gasteiger partial charge >= 0.3 is 0 Å². The number of aryl methyl sites for hydroxylation is 1. The molecule has 1 atom stereocenters. The highest BCUT2D eigenvalue weighted by atomic mass is 19.1. The lowest BCUT2D eigenvalue weighted by Crippen LogP contribution is -2.38. The van der Waals surface area contributed by atoms with E-state index < -0.39 is 6.10 Å². The molecule has 164 valence electrons. The van der Waals surface area contributed by atoms with Crippen LogP contribution in [-0.2, 0) is 13.1 Å². The average molecular weight is 417 g/mol. The number of aliphatic hydroxyl groups is 1. The summed E-state index contributed by atoms with van der Waals surface area (Å²) >= 11 is 0. The zero-order valence-electron chi connectivity index (χ0n) is 18.0. The molecule has 0 aromatic heterocycles. The molecule has 2 aromatic carbocycles. The van der Waals surface area contributed by atoms with Crippen LogP contribution in [0.25, 0.3) is 0 Å². The summed E-state index contributed by atoms with van der Waals surface area (Å²) in [5.74, 6) is 1.04. The molecule has 1 saturated heterocycles. The van der Waals surface area contributed by atoms with Crippen molar-refractivity contribution >= 4 is 0 Å². The SMILES string of the molecule is COc1ccc(CNCc2cc(F)ccc2C)cc1OC[C@@H](O)CN1CCCCC1. The second-order valence-electron chi connectivity index (χ2n) is 7.99. The lowest BCUT2D eigenvalue weighted by atomic mass is 10.1. The number of halogens is 1. The van der Waals surface area contributed by atoms with E-state index >= 15 is 0 Å². The van der Waals surface area contributed by atoms with Crippen LogP contribution in [0.4, 0.5) is 4.39 Å². The Morgan fingerprint density at radius 3 is 2.63 bits per heavy atom. The lowest BCUT2D eigenvalue weighted by Gasteiger charge is -2.28. The number of hydrogen-bond donors (Lipinski definition) is 2. The third kappa shape index (κ3) is 6.69. The van der Waals surface area contributed by atoms with Crippen molar-refractivity contribution in [1.29, 1.82) is 0 Å². The molecule has 1 aliphatic rings. The van der Waals surface area contributed by atoms with Gasteiger partial charge in [-0.2, -0.15) is 0 Å². The molecule has 3 rings (SSSR count). The summed E-state index contributed by atoms with van der Waals surface area (Å²) < 4.78 is 24.7. The summed E-state index contributed by atoms with van der Waals surface area (Å²) in [7, 11) is 1.61. The topological polar surface area (TPSA) is 54.0 Å². The molecule has 30 heavy (non-hydrogen) atoms. The van der Waals surface area contributed by atoms with E-state index in [1.54, 1.807) is 19.2 Å². The highest BCUT2D eigenvalue weighted by molar-refractivity contribution is 5.43. The van der Waals surface area contributed by atoms with Crippen molar-refractivity contribution in [3.8, 4) is 11.5 Å². The second-order valence-corrected chi connectivity index (χ2v) is 7.99. The second kappa shape index (κ2) is 11.3. The van der Waals surface area contributed by atoms with Gasteiger partial charge in [-0.25, -0.2) is 4.39 Å². The van der Waals surface area contributed by atoms with Gasteiger partial charge in [-0.1, -0.05) is 18.6 Å². The van der Waals surface area contributed by atoms with Crippen LogP contribution in [0.2, 0.25) is 0 Å². The predicted molar refractivity (Wildman–Crippen MR) is 116 cm³/mol. The number of piperidine rings is 1. The molecule has 0 spiro atoms. The third-order valence-corrected chi connectivity index (χ3v) is 5.53. The standard InChI is InChI=1S/C24H33FN2O3/c1-18-6-8-21(25)13-20(18)15-26-14-19-7-9-23(29-2)24(12-19)30-17-22(28)16-27-10-4-3-5-11-27/h6-9,12-13,22,26,28H,3-5,10-11,14-17H2,1-2H3/t22-/m0/s1. The average Bonchev–Trinajstić information content (AvgIpc) is 2.75. The first kappa shape index (κ1) is 22.5. The van der Waals surface area contributed by atoms with Crippen LogP contribution in [0, 0.1) is 12.7 Å². The highest BCUT2D eigenvalue weighted by Crippen LogP contribution is 2.28. The minimum atomic E-state index is -0.537. The molecule has 0 radical (unpaired) electrons. The Labute approximate surface area is 178 Å². The summed E-state index contributed by atoms with van der Waals surface area (Å²) in [4.78, 5) is 2.30. The molecular weight excluding hydrogens is 383 g/mol. The molecule has 0 bridgehead atoms. The van der Waals surface area contributed by atoms with Gasteiger partial charge in [0.15, 0.2) is 11.5 Å². The van der Waals surface area contributed by atoms with E-state index in [4.69, 9.17) is 9.47 Å². The third-order valence-electron chi connectivity index (χ3n) is 5.53. The van der Waals surface area contributed by atoms with Crippen molar-refractivity contribution in [2.24, 2.45) is 0 Å². The fraction of sp³-hybridized carbons (Fsp3) is 0.500. The fourth-order valence-corrected chi connectivity index (χ4v) is 3.79. The molecule has 1 fully saturated rings. The molecule has 0 aliphatic carbocycles. The van der Waals surface area contributed by atoms with Crippen molar-refractivity contribution in [3.05, 3.63) is 58.9 Å². The van der Waals surface area contributed by atoms with Crippen LogP contribution in [-0.4, -0.2) is 49.5 Å². The number of nitrogens with zero attached hydrogens (tertiary/aromatic N) is 1. The predicted octanol–water partition coefficient (Wildman–Crippen LogP) is 3.66. The number of hydrogen-bond acceptors (Lipinski definition) is 5. The molecule has 0 amide bonds. The van der Waals surface area contributed by atoms with Gasteiger partial charge in [0.1, 0.15) is 18.5 Å². The van der Waals surface area contributed by atoms with Gasteiger partial charge in [-0.05, 0) is 73.8 Å². The molecule has 0 unspecified atom stereocenters. The van der Waals surface area contributed by atoms with Crippen LogP contribution < -0.4 is 14.8 Å². The van der Waals surface area contributed by atoms with E-state index in [2.05, 4.69) is 10.2 Å². The van der Waals surface area contributed by atoms with Crippen molar-refractivity contribution in [3.63, 3.8) is 0 Å². The van der Waals surface area contributed by atoms with Crippen LogP contribution in [0.1, 0.15) is 36.0 Å². The van der Waals surface area contributed by atoms with E-state index in [0.29, 0.717) is 31.1 Å². The first-order valence-electron chi connectivity index (χ1n) is 10.7. The lowest BCUT2D eigenvalue weighted by molar-refractivity contribution is 0.0608. The van der Waals surface area contributed by atoms with Crippen LogP contribution in [0.5, 0.6) is 11.5 Å². The van der Waals surface area contributed by atoms with Gasteiger partial charge in [-0.15, -0.1) is 0 Å². The Balaban J connectivity index is 1.53. The molecule has 2 N–H and O–H groups in total. The van der Waals surface area contributed by atoms with Crippen molar-refractivity contribution in [2.75, 3.05) is 33.4 Å². The molecular formula is C24H33FN2O3. The number of aliphatic hydroxyl groups excluding tert-OH is 1. The van der Waals surface area contributed by atoms with E-state index in [0.717, 1.165) is 29.8 Å². The quantitative estimate of drug-likeness (QED) is 0.619. The zero-order valence-corrected chi connectivity index (χ0v) is 18.0. The maximum atomic E-state index is 13.5. The van der Waals surface area contributed by atoms with Crippen LogP contribution in [0.15, 0.2) is 36.4 Å². The zero-order chi connectivity index (χ0) is 21.3. The minimum absolute atomic E-state index is 0.222. The van der Waals surface area contributed by atoms with Crippen molar-refractivity contribution in [1.82, 2.24) is 10.2 Å². The summed E-state index contributed by atoms with van der Waals surface area (Å²) in [6.45, 7) is 6.14. The molecule has 5 nitrogen and oxygen atoms in total. The molecule has 0 saturated carbocycles. The van der Waals surface area contributed by atoms with Gasteiger partial charge in [0.2, 0.25) is 0 Å². The van der Waals surface area contributed by atoms with Gasteiger partial charge in [0.05, 0.1) is 7.11 Å². The summed E-state index contributed by atoms with van der Waals surface area (Å²) in [6.07, 6.45) is 3.14. The molecule has 1 heterocycles. The minimum Gasteiger partial charge on any atom is -0.493 e. The number of ether oxygens (including phenoxy) is 2. The molecule has 1 aliphatic heterocycles. The van der Waals surface area contributed by atoms with Gasteiger partial charge in [-0.3, -0.25) is 0 Å². The Morgan fingerprint density at radius 2 is 1.87 bits per heavy atom. The number of methoxy groups -OCH3 is 1. The smallest absolute Gasteiger partial charge is 0.161 e. The fourth-order valence-electron chi connectivity index (χ4n) is 3.79. The maximum absolute atomic E-state index is 13.5. The van der Waals surface area contributed by atoms with Gasteiger partial charge < -0.3 is 24.8 Å². The van der Waals surface area contributed by atoms with E-state index in [-0.39, 0.29) is 12.4 Å². The van der Waals surface area contributed by atoms with Crippen molar-refractivity contribution < 1.29 is 19.0 Å². The van der Waals surface area contributed by atoms with E-state index in [1.807, 2.05) is 25.1 Å². The Hall–Kier alpha value is -2.15. The van der Waals surface area contributed by atoms with Crippen LogP contribution in [0.3, 0.4) is 0 Å². The number of nitrogens with one attached hydrogen (secondary N) is 1. The summed E-state index contributed by atoms with van der Waals surface area (Å²) in [5.41, 5.74) is 3.04. The molecule has 6 heteroatoms. The summed E-state index contributed by atoms with van der Waals surface area (Å²) in [5, 5.41) is 13.7. The van der Waals surface area contributed by atoms with Gasteiger partial charge in [0, 0.05) is 19.6 Å². The molecule has 2 aromatic rings. The number of benzene rings is 2. The van der Waals surface area contributed by atoms with Crippen LogP contribution >= 0.6 is 0 Å². The Morgan fingerprint density at radius 1 is 1.07 bits per heavy atom. The Bertz CT molecular complexity index is 809. The van der Waals surface area contributed by atoms with E-state index in [1.165, 1.54) is 25.3 Å². The Kier molecular flexibility index (Phi) is 8.49. The number of rotatable bonds is 10. The van der Waals surface area contributed by atoms with E-state index in [9.17, 15) is 9.50 Å². The maximum Gasteiger partial charge on any atom is 0.161 e. The first-order valence-corrected chi connectivity index (χ1v) is 10.7. The largest absolute Gasteiger partial charge is 0.493 e. The van der Waals surface area contributed by atoms with Crippen molar-refractivity contribution in [2.45, 2.75) is 45.4 Å². The summed E-state index contributed by atoms with van der Waals surface area (Å²) in [6, 6.07) is 10.6. The number of β-amino-alcohol motifs (C(OH)–C–C–N with tert-alkyl or cyclic N) is 1. The highest BCUT2D eigenvalue weighted by Gasteiger charge is 2.16. The number of likely N-dealkylation sites (tertiary alicyclic amines) is 1. The monoisotopic (exact) mass is 416 g/mol. The first-order chi connectivity index (χ1) is 14.5. The normalized spacial score (nSPS) is 15.7.